The molecule has 0 aliphatic heterocycles. The highest BCUT2D eigenvalue weighted by Gasteiger charge is 2.16. The number of nitrogens with zero attached hydrogens (tertiary/aromatic N) is 2. The van der Waals surface area contributed by atoms with Crippen molar-refractivity contribution in [3.63, 3.8) is 0 Å². The van der Waals surface area contributed by atoms with Crippen LogP contribution in [0.5, 0.6) is 0 Å². The van der Waals surface area contributed by atoms with Crippen molar-refractivity contribution < 1.29 is 0 Å². The van der Waals surface area contributed by atoms with E-state index in [1.54, 1.807) is 6.33 Å². The predicted molar refractivity (Wildman–Crippen MR) is 86.6 cm³/mol. The summed E-state index contributed by atoms with van der Waals surface area (Å²) in [6.45, 7) is 2.10. The van der Waals surface area contributed by atoms with Crippen LogP contribution < -0.4 is 5.32 Å². The molecule has 0 unspecified atom stereocenters. The molecule has 4 nitrogen and oxygen atoms in total. The van der Waals surface area contributed by atoms with E-state index < -0.39 is 0 Å². The Balaban J connectivity index is 1.86. The van der Waals surface area contributed by atoms with Crippen LogP contribution in [-0.2, 0) is 0 Å². The first kappa shape index (κ1) is 12.6. The molecule has 1 aromatic carbocycles. The zero-order valence-corrected chi connectivity index (χ0v) is 12.3. The van der Waals surface area contributed by atoms with Crippen LogP contribution in [0.3, 0.4) is 0 Å². The summed E-state index contributed by atoms with van der Waals surface area (Å²) in [5.41, 5.74) is 5.44. The van der Waals surface area contributed by atoms with Gasteiger partial charge in [-0.1, -0.05) is 19.3 Å². The van der Waals surface area contributed by atoms with E-state index in [-0.39, 0.29) is 0 Å². The second-order valence-corrected chi connectivity index (χ2v) is 6.07. The lowest BCUT2D eigenvalue weighted by Gasteiger charge is -2.25. The average molecular weight is 280 g/mol. The van der Waals surface area contributed by atoms with Gasteiger partial charge in [0.2, 0.25) is 0 Å². The molecule has 0 atom stereocenters. The number of aryl methyl sites for hydroxylation is 1. The molecule has 0 saturated heterocycles. The minimum absolute atomic E-state index is 0.585. The smallest absolute Gasteiger partial charge is 0.116 e. The van der Waals surface area contributed by atoms with Crippen LogP contribution in [0.1, 0.15) is 37.8 Å². The number of H-pyrrole nitrogens is 1. The van der Waals surface area contributed by atoms with Gasteiger partial charge in [-0.25, -0.2) is 9.97 Å². The fraction of sp³-hybridized carbons (Fsp3) is 0.412. The van der Waals surface area contributed by atoms with Gasteiger partial charge in [0.1, 0.15) is 11.8 Å². The number of aromatic amines is 1. The SMILES string of the molecule is Cc1cc(NC2CCCCC2)c2c(ccc3ncnc32)[nH]1. The lowest BCUT2D eigenvalue weighted by molar-refractivity contribution is 0.463. The van der Waals surface area contributed by atoms with Gasteiger partial charge in [-0.05, 0) is 38.0 Å². The Morgan fingerprint density at radius 3 is 2.86 bits per heavy atom. The van der Waals surface area contributed by atoms with Gasteiger partial charge < -0.3 is 10.3 Å². The number of pyridine rings is 1. The number of rotatable bonds is 2. The first-order valence-corrected chi connectivity index (χ1v) is 7.81. The number of imidazole rings is 1. The minimum atomic E-state index is 0.585. The van der Waals surface area contributed by atoms with E-state index in [4.69, 9.17) is 0 Å². The zero-order valence-electron chi connectivity index (χ0n) is 12.3. The summed E-state index contributed by atoms with van der Waals surface area (Å²) in [4.78, 5) is 12.2. The molecule has 0 amide bonds. The van der Waals surface area contributed by atoms with Crippen LogP contribution in [0.2, 0.25) is 0 Å². The van der Waals surface area contributed by atoms with Crippen molar-refractivity contribution in [1.29, 1.82) is 0 Å². The average Bonchev–Trinajstić information content (AvgIpc) is 2.96. The van der Waals surface area contributed by atoms with Crippen molar-refractivity contribution >= 4 is 27.6 Å². The summed E-state index contributed by atoms with van der Waals surface area (Å²) in [5, 5.41) is 4.93. The van der Waals surface area contributed by atoms with Crippen LogP contribution in [0, 0.1) is 6.92 Å². The molecular weight excluding hydrogens is 260 g/mol. The first-order chi connectivity index (χ1) is 10.3. The molecular formula is C17H20N4. The van der Waals surface area contributed by atoms with Gasteiger partial charge in [0.15, 0.2) is 0 Å². The maximum absolute atomic E-state index is 4.46. The number of hydrogen-bond donors (Lipinski definition) is 2. The Kier molecular flexibility index (Phi) is 3.02. The summed E-state index contributed by atoms with van der Waals surface area (Å²) in [7, 11) is 0. The summed E-state index contributed by atoms with van der Waals surface area (Å²) >= 11 is 0. The number of nitrogens with one attached hydrogen (secondary N) is 2. The first-order valence-electron chi connectivity index (χ1n) is 7.81. The molecule has 108 valence electrons. The summed E-state index contributed by atoms with van der Waals surface area (Å²) in [6, 6.07) is 6.92. The monoisotopic (exact) mass is 280 g/mol. The number of fused-ring (bicyclic) bond motifs is 3. The van der Waals surface area contributed by atoms with Gasteiger partial charge in [-0.15, -0.1) is 0 Å². The van der Waals surface area contributed by atoms with Crippen molar-refractivity contribution in [3.8, 4) is 0 Å². The lowest BCUT2D eigenvalue weighted by atomic mass is 9.95. The molecule has 0 spiro atoms. The fourth-order valence-electron chi connectivity index (χ4n) is 3.46. The molecule has 4 heteroatoms. The normalized spacial score (nSPS) is 16.6. The molecule has 4 rings (SSSR count). The van der Waals surface area contributed by atoms with Crippen molar-refractivity contribution in [3.05, 3.63) is 30.2 Å². The van der Waals surface area contributed by atoms with E-state index in [1.807, 2.05) is 6.07 Å². The molecule has 21 heavy (non-hydrogen) atoms. The molecule has 1 fully saturated rings. The second kappa shape index (κ2) is 5.02. The van der Waals surface area contributed by atoms with Crippen LogP contribution in [0.15, 0.2) is 24.5 Å². The van der Waals surface area contributed by atoms with Crippen molar-refractivity contribution in [1.82, 2.24) is 15.0 Å². The van der Waals surface area contributed by atoms with Crippen molar-refractivity contribution in [2.75, 3.05) is 5.32 Å². The summed E-state index contributed by atoms with van der Waals surface area (Å²) in [5.74, 6) is 0. The van der Waals surface area contributed by atoms with E-state index in [1.165, 1.54) is 48.9 Å². The molecule has 2 N–H and O–H groups in total. The Bertz CT molecular complexity index is 784. The molecule has 3 aromatic rings. The third kappa shape index (κ3) is 2.24. The molecule has 1 aliphatic carbocycles. The van der Waals surface area contributed by atoms with Gasteiger partial charge in [0, 0.05) is 28.3 Å². The van der Waals surface area contributed by atoms with Crippen LogP contribution in [0.4, 0.5) is 5.69 Å². The summed E-state index contributed by atoms with van der Waals surface area (Å²) < 4.78 is 0. The number of benzene rings is 1. The van der Waals surface area contributed by atoms with Crippen molar-refractivity contribution in [2.24, 2.45) is 0 Å². The Labute approximate surface area is 124 Å². The molecule has 0 radical (unpaired) electrons. The second-order valence-electron chi connectivity index (χ2n) is 6.07. The van der Waals surface area contributed by atoms with E-state index in [0.717, 1.165) is 16.6 Å². The standard InChI is InChI=1S/C17H20N4/c1-11-9-15(21-12-5-3-2-4-6-12)16-13(20-11)7-8-14-17(16)19-10-18-14/h7-10,12,20-21H,2-6H2,1H3. The molecule has 2 aromatic heterocycles. The fourth-order valence-corrected chi connectivity index (χ4v) is 3.46. The Hall–Kier alpha value is -2.10. The topological polar surface area (TPSA) is 53.6 Å². The van der Waals surface area contributed by atoms with Gasteiger partial charge >= 0.3 is 0 Å². The van der Waals surface area contributed by atoms with Crippen LogP contribution in [0.25, 0.3) is 21.9 Å². The summed E-state index contributed by atoms with van der Waals surface area (Å²) in [6.07, 6.45) is 8.22. The largest absolute Gasteiger partial charge is 0.382 e. The number of anilines is 1. The van der Waals surface area contributed by atoms with Crippen LogP contribution in [-0.4, -0.2) is 21.0 Å². The Morgan fingerprint density at radius 1 is 1.14 bits per heavy atom. The number of hydrogen-bond acceptors (Lipinski definition) is 3. The van der Waals surface area contributed by atoms with E-state index >= 15 is 0 Å². The molecule has 1 saturated carbocycles. The van der Waals surface area contributed by atoms with E-state index in [9.17, 15) is 0 Å². The third-order valence-corrected chi connectivity index (χ3v) is 4.47. The highest BCUT2D eigenvalue weighted by molar-refractivity contribution is 6.09. The zero-order chi connectivity index (χ0) is 14.2. The quantitative estimate of drug-likeness (QED) is 0.741. The van der Waals surface area contributed by atoms with Gasteiger partial charge in [0.05, 0.1) is 5.52 Å². The maximum Gasteiger partial charge on any atom is 0.116 e. The van der Waals surface area contributed by atoms with E-state index in [0.29, 0.717) is 6.04 Å². The Morgan fingerprint density at radius 2 is 2.00 bits per heavy atom. The lowest BCUT2D eigenvalue weighted by Crippen LogP contribution is -2.22. The van der Waals surface area contributed by atoms with Gasteiger partial charge in [-0.2, -0.15) is 0 Å². The third-order valence-electron chi connectivity index (χ3n) is 4.47. The minimum Gasteiger partial charge on any atom is -0.382 e. The van der Waals surface area contributed by atoms with Gasteiger partial charge in [0.25, 0.3) is 0 Å². The molecule has 0 bridgehead atoms. The van der Waals surface area contributed by atoms with Crippen molar-refractivity contribution in [2.45, 2.75) is 45.1 Å². The predicted octanol–water partition coefficient (Wildman–Crippen LogP) is 4.16. The number of aromatic nitrogens is 3. The maximum atomic E-state index is 4.46. The molecule has 2 heterocycles. The van der Waals surface area contributed by atoms with E-state index in [2.05, 4.69) is 39.3 Å². The highest BCUT2D eigenvalue weighted by Crippen LogP contribution is 2.31. The van der Waals surface area contributed by atoms with Gasteiger partial charge in [-0.3, -0.25) is 0 Å². The highest BCUT2D eigenvalue weighted by atomic mass is 14.9. The van der Waals surface area contributed by atoms with Crippen LogP contribution >= 0.6 is 0 Å². The molecule has 1 aliphatic rings.